The van der Waals surface area contributed by atoms with Gasteiger partial charge in [0.05, 0.1) is 12.2 Å². The number of carbonyl (C=O) groups excluding carboxylic acids is 1. The lowest BCUT2D eigenvalue weighted by atomic mass is 9.43. The molecule has 4 aliphatic carbocycles. The number of aliphatic hydroxyl groups excluding tert-OH is 2. The van der Waals surface area contributed by atoms with Crippen LogP contribution in [0.3, 0.4) is 0 Å². The fraction of sp³-hybridized carbons (Fsp3) is 0.900. The van der Waals surface area contributed by atoms with Crippen LogP contribution >= 0.6 is 0 Å². The Labute approximate surface area is 233 Å². The quantitative estimate of drug-likeness (QED) is 0.138. The van der Waals surface area contributed by atoms with Gasteiger partial charge in [0.25, 0.3) is 0 Å². The fourth-order valence-corrected chi connectivity index (χ4v) is 9.76. The summed E-state index contributed by atoms with van der Waals surface area (Å²) < 4.78 is 0. The summed E-state index contributed by atoms with van der Waals surface area (Å²) in [6, 6.07) is -0.940. The standard InChI is InChI=1S/C30H52N4O5/c1-17(6-9-25(37)34-23(27(38)39)5-4-14-33-28(31)32)20-7-8-21-26-22(11-13-30(20,21)3)29(2)12-10-19(35)15-18(29)16-24(26)36/h17-24,26,35-36H,4-16H2,1-3H3,(H,34,37)(H,38,39)(H4,31,32,33)/t17-,18+,19-,20-,21+,22+,23+,24+,26+,29+,30-/m1/s1. The van der Waals surface area contributed by atoms with E-state index in [4.69, 9.17) is 11.5 Å². The molecule has 9 nitrogen and oxygen atoms in total. The molecule has 0 heterocycles. The zero-order valence-corrected chi connectivity index (χ0v) is 24.1. The van der Waals surface area contributed by atoms with E-state index in [2.05, 4.69) is 31.1 Å². The molecule has 4 saturated carbocycles. The molecule has 0 spiro atoms. The molecule has 0 unspecified atom stereocenters. The Hall–Kier alpha value is -1.87. The Bertz CT molecular complexity index is 925. The second-order valence-corrected chi connectivity index (χ2v) is 13.9. The summed E-state index contributed by atoms with van der Waals surface area (Å²) in [6.45, 7) is 7.46. The van der Waals surface area contributed by atoms with Gasteiger partial charge < -0.3 is 32.1 Å². The van der Waals surface area contributed by atoms with Gasteiger partial charge >= 0.3 is 5.97 Å². The maximum Gasteiger partial charge on any atom is 0.326 e. The minimum absolute atomic E-state index is 0.0264. The highest BCUT2D eigenvalue weighted by molar-refractivity contribution is 5.83. The number of aliphatic hydroxyl groups is 2. The molecule has 39 heavy (non-hydrogen) atoms. The lowest BCUT2D eigenvalue weighted by Gasteiger charge is -2.62. The van der Waals surface area contributed by atoms with E-state index in [9.17, 15) is 24.9 Å². The number of carbonyl (C=O) groups is 2. The van der Waals surface area contributed by atoms with Gasteiger partial charge in [0.15, 0.2) is 5.96 Å². The molecule has 0 saturated heterocycles. The third-order valence-corrected chi connectivity index (χ3v) is 11.8. The predicted octanol–water partition coefficient (Wildman–Crippen LogP) is 3.02. The van der Waals surface area contributed by atoms with E-state index in [-0.39, 0.29) is 41.3 Å². The van der Waals surface area contributed by atoms with Crippen molar-refractivity contribution in [3.63, 3.8) is 0 Å². The van der Waals surface area contributed by atoms with Gasteiger partial charge in [0.1, 0.15) is 6.04 Å². The molecule has 222 valence electrons. The van der Waals surface area contributed by atoms with Gasteiger partial charge in [-0.3, -0.25) is 9.79 Å². The molecule has 4 rings (SSSR count). The molecular formula is C30H52N4O5. The number of hydrogen-bond donors (Lipinski definition) is 6. The summed E-state index contributed by atoms with van der Waals surface area (Å²) >= 11 is 0. The molecule has 8 N–H and O–H groups in total. The maximum atomic E-state index is 12.7. The number of guanidine groups is 1. The number of carboxylic acids is 1. The average molecular weight is 549 g/mol. The minimum atomic E-state index is -1.04. The lowest BCUT2D eigenvalue weighted by molar-refractivity contribution is -0.174. The van der Waals surface area contributed by atoms with Gasteiger partial charge in [-0.2, -0.15) is 0 Å². The first-order valence-corrected chi connectivity index (χ1v) is 15.3. The van der Waals surface area contributed by atoms with Gasteiger partial charge in [-0.05, 0) is 117 Å². The monoisotopic (exact) mass is 548 g/mol. The van der Waals surface area contributed by atoms with Gasteiger partial charge in [-0.15, -0.1) is 0 Å². The SMILES string of the molecule is C[C@H](CCC(=O)N[C@@H](CCCN=C(N)N)C(=O)O)[C@H]1CC[C@H]2[C@@H]3[C@@H](O)C[C@@H]4C[C@H](O)CC[C@]4(C)[C@H]3CC[C@]12C. The van der Waals surface area contributed by atoms with E-state index < -0.39 is 12.0 Å². The van der Waals surface area contributed by atoms with Gasteiger partial charge in [0, 0.05) is 13.0 Å². The van der Waals surface area contributed by atoms with Crippen LogP contribution in [0.2, 0.25) is 0 Å². The summed E-state index contributed by atoms with van der Waals surface area (Å²) in [5.74, 6) is 1.32. The first-order valence-electron chi connectivity index (χ1n) is 15.3. The molecule has 9 heteroatoms. The van der Waals surface area contributed by atoms with E-state index in [1.54, 1.807) is 0 Å². The molecular weight excluding hydrogens is 496 g/mol. The van der Waals surface area contributed by atoms with Gasteiger partial charge in [-0.1, -0.05) is 20.8 Å². The molecule has 4 aliphatic rings. The summed E-state index contributed by atoms with van der Waals surface area (Å²) in [5.41, 5.74) is 11.0. The lowest BCUT2D eigenvalue weighted by Crippen LogP contribution is -2.58. The van der Waals surface area contributed by atoms with Crippen LogP contribution in [0, 0.1) is 46.3 Å². The first kappa shape index (κ1) is 30.1. The molecule has 4 fully saturated rings. The van der Waals surface area contributed by atoms with Crippen LogP contribution in [0.25, 0.3) is 0 Å². The van der Waals surface area contributed by atoms with Crippen LogP contribution in [0.5, 0.6) is 0 Å². The van der Waals surface area contributed by atoms with Crippen LogP contribution in [0.1, 0.15) is 97.8 Å². The fourth-order valence-electron chi connectivity index (χ4n) is 9.76. The van der Waals surface area contributed by atoms with Gasteiger partial charge in [0.2, 0.25) is 5.91 Å². The summed E-state index contributed by atoms with van der Waals surface area (Å²) in [5, 5.41) is 34.0. The zero-order valence-electron chi connectivity index (χ0n) is 24.1. The van der Waals surface area contributed by atoms with E-state index in [1.165, 1.54) is 0 Å². The van der Waals surface area contributed by atoms with E-state index >= 15 is 0 Å². The summed E-state index contributed by atoms with van der Waals surface area (Å²) in [6.07, 6.45) is 9.45. The number of fused-ring (bicyclic) bond motifs is 5. The second kappa shape index (κ2) is 11.9. The molecule has 1 amide bonds. The van der Waals surface area contributed by atoms with Crippen molar-refractivity contribution in [2.45, 2.75) is 116 Å². The number of amides is 1. The number of nitrogens with zero attached hydrogens (tertiary/aromatic N) is 1. The zero-order chi connectivity index (χ0) is 28.5. The van der Waals surface area contributed by atoms with E-state index in [0.717, 1.165) is 57.8 Å². The minimum Gasteiger partial charge on any atom is -0.480 e. The molecule has 11 atom stereocenters. The van der Waals surface area contributed by atoms with Crippen LogP contribution in [0.15, 0.2) is 4.99 Å². The average Bonchev–Trinajstić information content (AvgIpc) is 3.22. The van der Waals surface area contributed by atoms with Gasteiger partial charge in [-0.25, -0.2) is 4.79 Å². The number of rotatable bonds is 10. The molecule has 0 aromatic carbocycles. The molecule has 0 bridgehead atoms. The first-order chi connectivity index (χ1) is 18.4. The number of carboxylic acid groups (broad SMARTS) is 1. The summed E-state index contributed by atoms with van der Waals surface area (Å²) in [4.78, 5) is 28.2. The third-order valence-electron chi connectivity index (χ3n) is 11.8. The number of aliphatic imine (C=N–C) groups is 1. The van der Waals surface area contributed by atoms with E-state index in [0.29, 0.717) is 54.9 Å². The van der Waals surface area contributed by atoms with Crippen molar-refractivity contribution in [3.8, 4) is 0 Å². The highest BCUT2D eigenvalue weighted by Crippen LogP contribution is 2.68. The second-order valence-electron chi connectivity index (χ2n) is 13.9. The number of nitrogens with two attached hydrogens (primary N) is 2. The van der Waals surface area contributed by atoms with Crippen molar-refractivity contribution in [3.05, 3.63) is 0 Å². The van der Waals surface area contributed by atoms with E-state index in [1.807, 2.05) is 0 Å². The Morgan fingerprint density at radius 2 is 1.69 bits per heavy atom. The van der Waals surface area contributed by atoms with Crippen molar-refractivity contribution in [2.75, 3.05) is 6.54 Å². The smallest absolute Gasteiger partial charge is 0.326 e. The summed E-state index contributed by atoms with van der Waals surface area (Å²) in [7, 11) is 0. The van der Waals surface area contributed by atoms with Crippen molar-refractivity contribution >= 4 is 17.8 Å². The van der Waals surface area contributed by atoms with Crippen molar-refractivity contribution < 1.29 is 24.9 Å². The maximum absolute atomic E-state index is 12.7. The van der Waals surface area contributed by atoms with Crippen LogP contribution in [0.4, 0.5) is 0 Å². The number of nitrogens with one attached hydrogen (secondary N) is 1. The number of aliphatic carboxylic acids is 1. The topological polar surface area (TPSA) is 171 Å². The van der Waals surface area contributed by atoms with Crippen molar-refractivity contribution in [2.24, 2.45) is 62.8 Å². The normalized spacial score (nSPS) is 40.9. The third kappa shape index (κ3) is 6.09. The Morgan fingerprint density at radius 1 is 1.00 bits per heavy atom. The Balaban J connectivity index is 1.34. The van der Waals surface area contributed by atoms with Crippen LogP contribution in [-0.4, -0.2) is 58.0 Å². The highest BCUT2D eigenvalue weighted by Gasteiger charge is 2.62. The van der Waals surface area contributed by atoms with Crippen LogP contribution < -0.4 is 16.8 Å². The largest absolute Gasteiger partial charge is 0.480 e. The van der Waals surface area contributed by atoms with Crippen LogP contribution in [-0.2, 0) is 9.59 Å². The van der Waals surface area contributed by atoms with Crippen molar-refractivity contribution in [1.29, 1.82) is 0 Å². The number of hydrogen-bond acceptors (Lipinski definition) is 5. The molecule has 0 aromatic rings. The Kier molecular flexibility index (Phi) is 9.21. The predicted molar refractivity (Wildman–Crippen MR) is 150 cm³/mol. The Morgan fingerprint density at radius 3 is 2.38 bits per heavy atom. The molecule has 0 radical (unpaired) electrons. The van der Waals surface area contributed by atoms with Crippen molar-refractivity contribution in [1.82, 2.24) is 5.32 Å². The molecule has 0 aromatic heterocycles. The molecule has 0 aliphatic heterocycles. The highest BCUT2D eigenvalue weighted by atomic mass is 16.4.